The fourth-order valence-corrected chi connectivity index (χ4v) is 2.73. The van der Waals surface area contributed by atoms with Crippen molar-refractivity contribution in [3.63, 3.8) is 0 Å². The second kappa shape index (κ2) is 8.11. The number of hydrogen-bond acceptors (Lipinski definition) is 5. The van der Waals surface area contributed by atoms with E-state index in [1.54, 1.807) is 0 Å². The van der Waals surface area contributed by atoms with Crippen LogP contribution in [0.25, 0.3) is 0 Å². The van der Waals surface area contributed by atoms with Crippen molar-refractivity contribution in [3.05, 3.63) is 41.6 Å². The molecule has 3 rings (SSSR count). The molecule has 156 valence electrons. The van der Waals surface area contributed by atoms with Crippen molar-refractivity contribution in [1.82, 2.24) is 15.3 Å². The minimum absolute atomic E-state index is 0. The number of urea groups is 1. The molecule has 8 nitrogen and oxygen atoms in total. The molecule has 1 saturated heterocycles. The first kappa shape index (κ1) is 22.2. The van der Waals surface area contributed by atoms with Crippen molar-refractivity contribution in [2.75, 3.05) is 29.1 Å². The molecule has 1 aromatic heterocycles. The van der Waals surface area contributed by atoms with Gasteiger partial charge in [0.2, 0.25) is 5.95 Å². The van der Waals surface area contributed by atoms with Crippen molar-refractivity contribution < 1.29 is 22.8 Å². The Kier molecular flexibility index (Phi) is 6.21. The van der Waals surface area contributed by atoms with E-state index in [4.69, 9.17) is 5.73 Å². The number of aromatic nitrogens is 2. The Morgan fingerprint density at radius 3 is 2.62 bits per heavy atom. The predicted octanol–water partition coefficient (Wildman–Crippen LogP) is 2.69. The molecule has 0 spiro atoms. The standard InChI is InChI=1S/C17H17F3N6O2.ClH/c1-9-8-26(16(28)23-9)15-22-7-12(13(21)24-15)14(27)25(2)11-5-3-4-10(6-11)17(18,19)20;/h3-7,9H,8H2,1-2H3,(H,23,28)(H2,21,22,24);1H. The number of halogens is 4. The van der Waals surface area contributed by atoms with Crippen LogP contribution in [0, 0.1) is 0 Å². The van der Waals surface area contributed by atoms with Crippen LogP contribution < -0.4 is 20.9 Å². The summed E-state index contributed by atoms with van der Waals surface area (Å²) >= 11 is 0. The Hall–Kier alpha value is -3.08. The number of rotatable bonds is 3. The predicted molar refractivity (Wildman–Crippen MR) is 103 cm³/mol. The highest BCUT2D eigenvalue weighted by Crippen LogP contribution is 2.32. The number of benzene rings is 1. The maximum Gasteiger partial charge on any atom is 0.416 e. The minimum Gasteiger partial charge on any atom is -0.383 e. The molecule has 2 heterocycles. The van der Waals surface area contributed by atoms with Gasteiger partial charge in [-0.25, -0.2) is 9.78 Å². The summed E-state index contributed by atoms with van der Waals surface area (Å²) in [5.74, 6) is -0.818. The molecule has 1 unspecified atom stereocenters. The summed E-state index contributed by atoms with van der Waals surface area (Å²) in [6.07, 6.45) is -3.38. The van der Waals surface area contributed by atoms with Crippen LogP contribution in [0.1, 0.15) is 22.8 Å². The van der Waals surface area contributed by atoms with Crippen LogP contribution in [0.3, 0.4) is 0 Å². The second-order valence-corrected chi connectivity index (χ2v) is 6.34. The number of nitrogens with one attached hydrogen (secondary N) is 1. The maximum atomic E-state index is 12.9. The Balaban J connectivity index is 0.00000300. The van der Waals surface area contributed by atoms with Gasteiger partial charge in [-0.2, -0.15) is 18.2 Å². The van der Waals surface area contributed by atoms with Gasteiger partial charge in [0.1, 0.15) is 11.4 Å². The summed E-state index contributed by atoms with van der Waals surface area (Å²) in [5.41, 5.74) is 4.92. The zero-order valence-corrected chi connectivity index (χ0v) is 16.2. The van der Waals surface area contributed by atoms with E-state index in [1.807, 2.05) is 6.92 Å². The van der Waals surface area contributed by atoms with Gasteiger partial charge >= 0.3 is 12.2 Å². The maximum absolute atomic E-state index is 12.9. The number of nitrogens with zero attached hydrogens (tertiary/aromatic N) is 4. The van der Waals surface area contributed by atoms with Gasteiger partial charge < -0.3 is 16.0 Å². The highest BCUT2D eigenvalue weighted by molar-refractivity contribution is 6.08. The monoisotopic (exact) mass is 430 g/mol. The van der Waals surface area contributed by atoms with Gasteiger partial charge in [0.25, 0.3) is 5.91 Å². The Morgan fingerprint density at radius 2 is 2.07 bits per heavy atom. The summed E-state index contributed by atoms with van der Waals surface area (Å²) in [6, 6.07) is 3.87. The number of nitrogens with two attached hydrogens (primary N) is 1. The SMILES string of the molecule is CC1CN(c2ncc(C(=O)N(C)c3cccc(C(F)(F)F)c3)c(N)n2)C(=O)N1.Cl. The quantitative estimate of drug-likeness (QED) is 0.779. The van der Waals surface area contributed by atoms with E-state index in [1.165, 1.54) is 24.1 Å². The molecule has 29 heavy (non-hydrogen) atoms. The van der Waals surface area contributed by atoms with Gasteiger partial charge in [-0.15, -0.1) is 12.4 Å². The van der Waals surface area contributed by atoms with Crippen LogP contribution in [-0.2, 0) is 6.18 Å². The molecule has 1 aliphatic rings. The van der Waals surface area contributed by atoms with Crippen molar-refractivity contribution in [1.29, 1.82) is 0 Å². The second-order valence-electron chi connectivity index (χ2n) is 6.34. The Bertz CT molecular complexity index is 940. The third-order valence-electron chi connectivity index (χ3n) is 4.21. The van der Waals surface area contributed by atoms with Crippen LogP contribution in [0.4, 0.5) is 35.4 Å². The average Bonchev–Trinajstić information content (AvgIpc) is 2.98. The summed E-state index contributed by atoms with van der Waals surface area (Å²) in [5, 5.41) is 2.68. The van der Waals surface area contributed by atoms with Gasteiger partial charge in [0.15, 0.2) is 0 Å². The van der Waals surface area contributed by atoms with Crippen molar-refractivity contribution in [2.45, 2.75) is 19.1 Å². The lowest BCUT2D eigenvalue weighted by Gasteiger charge is -2.20. The lowest BCUT2D eigenvalue weighted by atomic mass is 10.1. The number of amides is 3. The highest BCUT2D eigenvalue weighted by atomic mass is 35.5. The molecule has 2 aromatic rings. The average molecular weight is 431 g/mol. The smallest absolute Gasteiger partial charge is 0.383 e. The van der Waals surface area contributed by atoms with Gasteiger partial charge in [0, 0.05) is 25.0 Å². The van der Waals surface area contributed by atoms with E-state index in [0.29, 0.717) is 6.54 Å². The summed E-state index contributed by atoms with van der Waals surface area (Å²) < 4.78 is 38.7. The summed E-state index contributed by atoms with van der Waals surface area (Å²) in [6.45, 7) is 2.15. The molecular formula is C17H18ClF3N6O2. The number of nitrogen functional groups attached to an aromatic ring is 1. The van der Waals surface area contributed by atoms with E-state index >= 15 is 0 Å². The number of hydrogen-bond donors (Lipinski definition) is 2. The van der Waals surface area contributed by atoms with Crippen LogP contribution in [-0.4, -0.2) is 41.5 Å². The third kappa shape index (κ3) is 4.50. The molecule has 1 aliphatic heterocycles. The molecule has 1 fully saturated rings. The normalized spacial score (nSPS) is 16.2. The van der Waals surface area contributed by atoms with Gasteiger partial charge in [-0.1, -0.05) is 6.07 Å². The van der Waals surface area contributed by atoms with Crippen molar-refractivity contribution in [2.24, 2.45) is 0 Å². The van der Waals surface area contributed by atoms with E-state index in [2.05, 4.69) is 15.3 Å². The highest BCUT2D eigenvalue weighted by Gasteiger charge is 2.32. The molecule has 1 atom stereocenters. The van der Waals surface area contributed by atoms with Gasteiger partial charge in [-0.3, -0.25) is 9.69 Å². The van der Waals surface area contributed by atoms with Gasteiger partial charge in [0.05, 0.1) is 12.1 Å². The number of anilines is 3. The third-order valence-corrected chi connectivity index (χ3v) is 4.21. The molecule has 1 aromatic carbocycles. The van der Waals surface area contributed by atoms with Gasteiger partial charge in [-0.05, 0) is 25.1 Å². The molecule has 3 N–H and O–H groups in total. The van der Waals surface area contributed by atoms with Crippen LogP contribution in [0.15, 0.2) is 30.5 Å². The Labute approximate surface area is 170 Å². The minimum atomic E-state index is -4.53. The zero-order chi connectivity index (χ0) is 20.6. The lowest BCUT2D eigenvalue weighted by molar-refractivity contribution is -0.137. The first-order valence-electron chi connectivity index (χ1n) is 8.24. The number of carbonyl (C=O) groups is 2. The van der Waals surface area contributed by atoms with E-state index < -0.39 is 17.6 Å². The van der Waals surface area contributed by atoms with Crippen LogP contribution in [0.5, 0.6) is 0 Å². The molecule has 0 aliphatic carbocycles. The van der Waals surface area contributed by atoms with E-state index in [0.717, 1.165) is 23.2 Å². The molecule has 0 saturated carbocycles. The first-order valence-corrected chi connectivity index (χ1v) is 8.24. The largest absolute Gasteiger partial charge is 0.416 e. The fraction of sp³-hybridized carbons (Fsp3) is 0.294. The molecule has 12 heteroatoms. The molecule has 0 radical (unpaired) electrons. The topological polar surface area (TPSA) is 104 Å². The summed E-state index contributed by atoms with van der Waals surface area (Å²) in [4.78, 5) is 34.8. The molecule has 0 bridgehead atoms. The van der Waals surface area contributed by atoms with E-state index in [9.17, 15) is 22.8 Å². The van der Waals surface area contributed by atoms with E-state index in [-0.39, 0.29) is 47.5 Å². The summed E-state index contributed by atoms with van der Waals surface area (Å²) in [7, 11) is 1.32. The Morgan fingerprint density at radius 1 is 1.38 bits per heavy atom. The van der Waals surface area contributed by atoms with Crippen LogP contribution >= 0.6 is 12.4 Å². The zero-order valence-electron chi connectivity index (χ0n) is 15.4. The molecule has 3 amide bonds. The number of carbonyl (C=O) groups excluding carboxylic acids is 2. The number of alkyl halides is 3. The molecular weight excluding hydrogens is 413 g/mol. The van der Waals surface area contributed by atoms with Crippen LogP contribution in [0.2, 0.25) is 0 Å². The lowest BCUT2D eigenvalue weighted by Crippen LogP contribution is -2.31. The first-order chi connectivity index (χ1) is 13.1. The fourth-order valence-electron chi connectivity index (χ4n) is 2.73. The van der Waals surface area contributed by atoms with Crippen molar-refractivity contribution >= 4 is 41.8 Å². The van der Waals surface area contributed by atoms with Crippen molar-refractivity contribution in [3.8, 4) is 0 Å².